The van der Waals surface area contributed by atoms with Gasteiger partial charge >= 0.3 is 6.03 Å². The van der Waals surface area contributed by atoms with Crippen molar-refractivity contribution in [3.05, 3.63) is 59.9 Å². The van der Waals surface area contributed by atoms with Crippen molar-refractivity contribution in [2.24, 2.45) is 0 Å². The van der Waals surface area contributed by atoms with Crippen molar-refractivity contribution in [2.75, 3.05) is 19.0 Å². The smallest absolute Gasteiger partial charge is 0.319 e. The molecule has 136 valence electrons. The van der Waals surface area contributed by atoms with Crippen LogP contribution in [0, 0.1) is 5.82 Å². The van der Waals surface area contributed by atoms with Crippen molar-refractivity contribution in [3.8, 4) is 5.75 Å². The fourth-order valence-electron chi connectivity index (χ4n) is 2.90. The van der Waals surface area contributed by atoms with E-state index in [9.17, 15) is 14.0 Å². The van der Waals surface area contributed by atoms with E-state index in [0.29, 0.717) is 24.5 Å². The number of urea groups is 1. The Bertz CT molecular complexity index is 795. The van der Waals surface area contributed by atoms with Crippen molar-refractivity contribution in [2.45, 2.75) is 19.0 Å². The Morgan fingerprint density at radius 2 is 2.04 bits per heavy atom. The quantitative estimate of drug-likeness (QED) is 0.864. The maximum absolute atomic E-state index is 13.3. The lowest BCUT2D eigenvalue weighted by Gasteiger charge is -2.17. The van der Waals surface area contributed by atoms with E-state index in [1.807, 2.05) is 0 Å². The van der Waals surface area contributed by atoms with Gasteiger partial charge in [0.1, 0.15) is 11.6 Å². The van der Waals surface area contributed by atoms with Gasteiger partial charge in [-0.2, -0.15) is 0 Å². The molecule has 6 nitrogen and oxygen atoms in total. The van der Waals surface area contributed by atoms with Crippen LogP contribution in [0.5, 0.6) is 5.75 Å². The maximum atomic E-state index is 13.3. The van der Waals surface area contributed by atoms with Crippen molar-refractivity contribution in [3.63, 3.8) is 0 Å². The molecule has 1 atom stereocenters. The number of methoxy groups -OCH3 is 1. The summed E-state index contributed by atoms with van der Waals surface area (Å²) in [4.78, 5) is 25.9. The van der Waals surface area contributed by atoms with Crippen LogP contribution in [0.3, 0.4) is 0 Å². The Hall–Kier alpha value is -3.09. The molecule has 2 aromatic carbocycles. The van der Waals surface area contributed by atoms with E-state index in [0.717, 1.165) is 5.56 Å². The lowest BCUT2D eigenvalue weighted by molar-refractivity contribution is -0.128. The average molecular weight is 357 g/mol. The van der Waals surface area contributed by atoms with Crippen LogP contribution in [-0.2, 0) is 11.3 Å². The fourth-order valence-corrected chi connectivity index (χ4v) is 2.90. The molecule has 1 heterocycles. The van der Waals surface area contributed by atoms with Crippen LogP contribution in [0.15, 0.2) is 48.5 Å². The number of nitrogens with zero attached hydrogens (tertiary/aromatic N) is 1. The van der Waals surface area contributed by atoms with Gasteiger partial charge in [-0.05, 0) is 42.0 Å². The first-order valence-electron chi connectivity index (χ1n) is 8.27. The van der Waals surface area contributed by atoms with Gasteiger partial charge in [-0.15, -0.1) is 0 Å². The average Bonchev–Trinajstić information content (AvgIpc) is 2.94. The molecule has 26 heavy (non-hydrogen) atoms. The van der Waals surface area contributed by atoms with E-state index in [1.165, 1.54) is 12.1 Å². The second-order valence-electron chi connectivity index (χ2n) is 6.13. The van der Waals surface area contributed by atoms with Crippen LogP contribution in [0.1, 0.15) is 12.0 Å². The number of rotatable bonds is 5. The van der Waals surface area contributed by atoms with Gasteiger partial charge in [0.25, 0.3) is 0 Å². The van der Waals surface area contributed by atoms with Crippen LogP contribution in [0.4, 0.5) is 14.9 Å². The number of nitrogens with one attached hydrogen (secondary N) is 2. The van der Waals surface area contributed by atoms with Crippen LogP contribution >= 0.6 is 0 Å². The monoisotopic (exact) mass is 357 g/mol. The molecule has 1 fully saturated rings. The number of amides is 3. The van der Waals surface area contributed by atoms with E-state index in [1.54, 1.807) is 48.4 Å². The number of carbonyl (C=O) groups excluding carboxylic acids is 2. The first kappa shape index (κ1) is 17.7. The van der Waals surface area contributed by atoms with Gasteiger partial charge in [0.2, 0.25) is 5.91 Å². The Morgan fingerprint density at radius 3 is 2.73 bits per heavy atom. The molecule has 3 amide bonds. The van der Waals surface area contributed by atoms with E-state index in [2.05, 4.69) is 10.6 Å². The molecule has 0 aliphatic carbocycles. The molecule has 1 aliphatic heterocycles. The number of likely N-dealkylation sites (tertiary alicyclic amines) is 1. The number of hydrogen-bond donors (Lipinski definition) is 2. The summed E-state index contributed by atoms with van der Waals surface area (Å²) >= 11 is 0. The molecule has 0 spiro atoms. The number of hydrogen-bond acceptors (Lipinski definition) is 3. The zero-order chi connectivity index (χ0) is 18.5. The molecule has 3 rings (SSSR count). The van der Waals surface area contributed by atoms with Crippen molar-refractivity contribution in [1.29, 1.82) is 0 Å². The highest BCUT2D eigenvalue weighted by atomic mass is 19.1. The summed E-state index contributed by atoms with van der Waals surface area (Å²) in [5, 5.41) is 5.52. The second kappa shape index (κ2) is 7.86. The summed E-state index contributed by atoms with van der Waals surface area (Å²) in [5.74, 6) is 0.303. The minimum Gasteiger partial charge on any atom is -0.497 e. The summed E-state index contributed by atoms with van der Waals surface area (Å²) in [7, 11) is 1.57. The molecule has 2 aromatic rings. The molecule has 2 N–H and O–H groups in total. The zero-order valence-electron chi connectivity index (χ0n) is 14.4. The Balaban J connectivity index is 1.52. The Morgan fingerprint density at radius 1 is 1.27 bits per heavy atom. The Kier molecular flexibility index (Phi) is 5.36. The van der Waals surface area contributed by atoms with Gasteiger partial charge < -0.3 is 20.3 Å². The van der Waals surface area contributed by atoms with Crippen LogP contribution in [-0.4, -0.2) is 36.5 Å². The summed E-state index contributed by atoms with van der Waals surface area (Å²) in [6.45, 7) is 0.722. The minimum atomic E-state index is -0.374. The van der Waals surface area contributed by atoms with E-state index in [-0.39, 0.29) is 30.2 Å². The summed E-state index contributed by atoms with van der Waals surface area (Å²) < 4.78 is 18.3. The van der Waals surface area contributed by atoms with Gasteiger partial charge in [-0.3, -0.25) is 4.79 Å². The third kappa shape index (κ3) is 4.50. The molecule has 0 radical (unpaired) electrons. The molecule has 7 heteroatoms. The lowest BCUT2D eigenvalue weighted by Crippen LogP contribution is -2.39. The number of benzene rings is 2. The summed E-state index contributed by atoms with van der Waals surface area (Å²) in [6.07, 6.45) is 0.228. The van der Waals surface area contributed by atoms with E-state index in [4.69, 9.17) is 4.74 Å². The van der Waals surface area contributed by atoms with Crippen molar-refractivity contribution in [1.82, 2.24) is 10.2 Å². The molecule has 1 aliphatic rings. The Labute approximate surface area is 150 Å². The molecule has 0 aromatic heterocycles. The molecule has 1 saturated heterocycles. The van der Waals surface area contributed by atoms with Crippen LogP contribution in [0.25, 0.3) is 0 Å². The second-order valence-corrected chi connectivity index (χ2v) is 6.13. The number of ether oxygens (including phenoxy) is 1. The fraction of sp³-hybridized carbons (Fsp3) is 0.263. The molecule has 0 saturated carbocycles. The van der Waals surface area contributed by atoms with Gasteiger partial charge in [-0.1, -0.05) is 12.1 Å². The van der Waals surface area contributed by atoms with E-state index < -0.39 is 0 Å². The highest BCUT2D eigenvalue weighted by Gasteiger charge is 2.30. The summed E-state index contributed by atoms with van der Waals surface area (Å²) in [6, 6.07) is 12.5. The number of carbonyl (C=O) groups is 2. The SMILES string of the molecule is COc1ccc(NC(=O)NC2CC(=O)N(Cc3cccc(F)c3)C2)cc1. The molecular formula is C19H20FN3O3. The lowest BCUT2D eigenvalue weighted by atomic mass is 10.2. The normalized spacial score (nSPS) is 16.5. The predicted octanol–water partition coefficient (Wildman–Crippen LogP) is 2.76. The largest absolute Gasteiger partial charge is 0.497 e. The number of anilines is 1. The minimum absolute atomic E-state index is 0.0657. The maximum Gasteiger partial charge on any atom is 0.319 e. The summed E-state index contributed by atoms with van der Waals surface area (Å²) in [5.41, 5.74) is 1.35. The molecular weight excluding hydrogens is 337 g/mol. The third-order valence-electron chi connectivity index (χ3n) is 4.16. The van der Waals surface area contributed by atoms with Crippen molar-refractivity contribution >= 4 is 17.6 Å². The van der Waals surface area contributed by atoms with Crippen LogP contribution in [0.2, 0.25) is 0 Å². The molecule has 0 bridgehead atoms. The van der Waals surface area contributed by atoms with Crippen molar-refractivity contribution < 1.29 is 18.7 Å². The zero-order valence-corrected chi connectivity index (χ0v) is 14.4. The first-order valence-corrected chi connectivity index (χ1v) is 8.27. The standard InChI is InChI=1S/C19H20FN3O3/c1-26-17-7-5-15(6-8-17)21-19(25)22-16-10-18(24)23(12-16)11-13-3-2-4-14(20)9-13/h2-9,16H,10-12H2,1H3,(H2,21,22,25). The highest BCUT2D eigenvalue weighted by molar-refractivity contribution is 5.90. The first-order chi connectivity index (χ1) is 12.5. The topological polar surface area (TPSA) is 70.7 Å². The van der Waals surface area contributed by atoms with Gasteiger partial charge in [0.15, 0.2) is 0 Å². The van der Waals surface area contributed by atoms with Gasteiger partial charge in [-0.25, -0.2) is 9.18 Å². The highest BCUT2D eigenvalue weighted by Crippen LogP contribution is 2.17. The van der Waals surface area contributed by atoms with Gasteiger partial charge in [0, 0.05) is 25.2 Å². The van der Waals surface area contributed by atoms with E-state index >= 15 is 0 Å². The van der Waals surface area contributed by atoms with Crippen LogP contribution < -0.4 is 15.4 Å². The number of halogens is 1. The predicted molar refractivity (Wildman–Crippen MR) is 95.4 cm³/mol. The van der Waals surface area contributed by atoms with Gasteiger partial charge in [0.05, 0.1) is 13.2 Å². The third-order valence-corrected chi connectivity index (χ3v) is 4.16. The molecule has 1 unspecified atom stereocenters.